The topological polar surface area (TPSA) is 12.0 Å². The summed E-state index contributed by atoms with van der Waals surface area (Å²) in [6, 6.07) is 9.85. The first kappa shape index (κ1) is 16.5. The predicted octanol–water partition coefficient (Wildman–Crippen LogP) is 5.68. The van der Waals surface area contributed by atoms with Crippen LogP contribution in [0.4, 0.5) is 0 Å². The van der Waals surface area contributed by atoms with E-state index in [0.29, 0.717) is 17.4 Å². The van der Waals surface area contributed by atoms with Gasteiger partial charge in [0.25, 0.3) is 0 Å². The molecule has 1 aromatic carbocycles. The summed E-state index contributed by atoms with van der Waals surface area (Å²) >= 11 is 0. The predicted molar refractivity (Wildman–Crippen MR) is 92.7 cm³/mol. The molecule has 2 unspecified atom stereocenters. The van der Waals surface area contributed by atoms with Gasteiger partial charge < -0.3 is 5.32 Å². The highest BCUT2D eigenvalue weighted by Crippen LogP contribution is 2.46. The summed E-state index contributed by atoms with van der Waals surface area (Å²) in [6.07, 6.45) is 5.51. The molecular formula is C20H33N. The first-order valence-electron chi connectivity index (χ1n) is 8.79. The Kier molecular flexibility index (Phi) is 5.48. The minimum atomic E-state index is 0.446. The first-order valence-corrected chi connectivity index (χ1v) is 8.79. The van der Waals surface area contributed by atoms with E-state index in [1.165, 1.54) is 36.8 Å². The van der Waals surface area contributed by atoms with Crippen LogP contribution in [0.1, 0.15) is 83.4 Å². The molecule has 0 heterocycles. The molecule has 0 radical (unpaired) electrons. The average molecular weight is 287 g/mol. The van der Waals surface area contributed by atoms with Crippen LogP contribution in [-0.2, 0) is 0 Å². The minimum Gasteiger partial charge on any atom is -0.310 e. The van der Waals surface area contributed by atoms with Crippen molar-refractivity contribution in [1.82, 2.24) is 5.32 Å². The molecule has 0 amide bonds. The Balaban J connectivity index is 2.25. The zero-order chi connectivity index (χ0) is 15.5. The highest BCUT2D eigenvalue weighted by atomic mass is 14.9. The molecule has 0 aliphatic heterocycles. The van der Waals surface area contributed by atoms with E-state index >= 15 is 0 Å². The molecule has 1 N–H and O–H groups in total. The van der Waals surface area contributed by atoms with Crippen molar-refractivity contribution in [2.45, 2.75) is 72.3 Å². The fourth-order valence-corrected chi connectivity index (χ4v) is 3.94. The number of hydrogen-bond acceptors (Lipinski definition) is 1. The van der Waals surface area contributed by atoms with Crippen LogP contribution in [0.3, 0.4) is 0 Å². The molecule has 2 atom stereocenters. The first-order chi connectivity index (χ1) is 9.95. The number of nitrogens with one attached hydrogen (secondary N) is 1. The van der Waals surface area contributed by atoms with Gasteiger partial charge in [-0.2, -0.15) is 0 Å². The summed E-state index contributed by atoms with van der Waals surface area (Å²) in [4.78, 5) is 0. The highest BCUT2D eigenvalue weighted by Gasteiger charge is 2.37. The van der Waals surface area contributed by atoms with Gasteiger partial charge in [-0.3, -0.25) is 0 Å². The van der Waals surface area contributed by atoms with Crippen molar-refractivity contribution < 1.29 is 0 Å². The van der Waals surface area contributed by atoms with Crippen LogP contribution >= 0.6 is 0 Å². The molecule has 1 aromatic rings. The molecule has 1 aliphatic carbocycles. The zero-order valence-electron chi connectivity index (χ0n) is 14.6. The summed E-state index contributed by atoms with van der Waals surface area (Å²) in [5, 5.41) is 3.77. The van der Waals surface area contributed by atoms with Gasteiger partial charge in [0.05, 0.1) is 0 Å². The van der Waals surface area contributed by atoms with Gasteiger partial charge in [0.15, 0.2) is 0 Å². The van der Waals surface area contributed by atoms with Crippen LogP contribution in [0.5, 0.6) is 0 Å². The quantitative estimate of drug-likeness (QED) is 0.735. The van der Waals surface area contributed by atoms with E-state index in [9.17, 15) is 0 Å². The summed E-state index contributed by atoms with van der Waals surface area (Å²) in [6.45, 7) is 12.7. The molecule has 0 saturated heterocycles. The van der Waals surface area contributed by atoms with Gasteiger partial charge in [0.2, 0.25) is 0 Å². The maximum absolute atomic E-state index is 3.77. The smallest absolute Gasteiger partial charge is 0.0353 e. The lowest BCUT2D eigenvalue weighted by Crippen LogP contribution is -2.39. The van der Waals surface area contributed by atoms with Crippen LogP contribution in [0.15, 0.2) is 24.3 Å². The number of benzene rings is 1. The number of rotatable bonds is 5. The van der Waals surface area contributed by atoms with E-state index in [0.717, 1.165) is 12.5 Å². The Morgan fingerprint density at radius 2 is 1.71 bits per heavy atom. The van der Waals surface area contributed by atoms with Gasteiger partial charge in [-0.15, -0.1) is 0 Å². The molecule has 1 heteroatoms. The van der Waals surface area contributed by atoms with Crippen molar-refractivity contribution in [3.05, 3.63) is 35.4 Å². The van der Waals surface area contributed by atoms with Crippen molar-refractivity contribution >= 4 is 0 Å². The normalized spacial score (nSPS) is 23.2. The van der Waals surface area contributed by atoms with Gasteiger partial charge in [-0.1, -0.05) is 71.7 Å². The second-order valence-electron chi connectivity index (χ2n) is 7.70. The zero-order valence-corrected chi connectivity index (χ0v) is 14.6. The van der Waals surface area contributed by atoms with Crippen molar-refractivity contribution in [2.75, 3.05) is 6.54 Å². The SMILES string of the molecule is CCNC(c1ccc(C(C)C)cc1)C1CCCCC1(C)C. The maximum Gasteiger partial charge on any atom is 0.0353 e. The number of hydrogen-bond donors (Lipinski definition) is 1. The molecule has 1 nitrogen and oxygen atoms in total. The molecule has 1 fully saturated rings. The highest BCUT2D eigenvalue weighted by molar-refractivity contribution is 5.27. The van der Waals surface area contributed by atoms with Gasteiger partial charge in [0.1, 0.15) is 0 Å². The van der Waals surface area contributed by atoms with E-state index < -0.39 is 0 Å². The van der Waals surface area contributed by atoms with Gasteiger partial charge in [-0.25, -0.2) is 0 Å². The molecule has 0 bridgehead atoms. The Morgan fingerprint density at radius 3 is 2.24 bits per heavy atom. The fraction of sp³-hybridized carbons (Fsp3) is 0.700. The second kappa shape index (κ2) is 6.96. The molecular weight excluding hydrogens is 254 g/mol. The molecule has 0 spiro atoms. The Morgan fingerprint density at radius 1 is 1.10 bits per heavy atom. The van der Waals surface area contributed by atoms with Gasteiger partial charge in [-0.05, 0) is 47.8 Å². The van der Waals surface area contributed by atoms with Crippen molar-refractivity contribution in [3.63, 3.8) is 0 Å². The molecule has 1 aliphatic rings. The Bertz CT molecular complexity index is 430. The van der Waals surface area contributed by atoms with E-state index in [1.54, 1.807) is 0 Å². The average Bonchev–Trinajstić information content (AvgIpc) is 2.45. The summed E-state index contributed by atoms with van der Waals surface area (Å²) in [5.41, 5.74) is 3.36. The van der Waals surface area contributed by atoms with Crippen LogP contribution in [-0.4, -0.2) is 6.54 Å². The largest absolute Gasteiger partial charge is 0.310 e. The molecule has 21 heavy (non-hydrogen) atoms. The van der Waals surface area contributed by atoms with Crippen LogP contribution in [0, 0.1) is 11.3 Å². The molecule has 118 valence electrons. The third-order valence-corrected chi connectivity index (χ3v) is 5.38. The monoisotopic (exact) mass is 287 g/mol. The van der Waals surface area contributed by atoms with Crippen LogP contribution in [0.25, 0.3) is 0 Å². The van der Waals surface area contributed by atoms with Crippen LogP contribution < -0.4 is 5.32 Å². The summed E-state index contributed by atoms with van der Waals surface area (Å²) in [5.74, 6) is 1.36. The third-order valence-electron chi connectivity index (χ3n) is 5.38. The van der Waals surface area contributed by atoms with Crippen molar-refractivity contribution in [3.8, 4) is 0 Å². The van der Waals surface area contributed by atoms with Gasteiger partial charge >= 0.3 is 0 Å². The lowest BCUT2D eigenvalue weighted by atomic mass is 9.64. The van der Waals surface area contributed by atoms with E-state index in [-0.39, 0.29) is 0 Å². The minimum absolute atomic E-state index is 0.446. The van der Waals surface area contributed by atoms with Crippen molar-refractivity contribution in [1.29, 1.82) is 0 Å². The fourth-order valence-electron chi connectivity index (χ4n) is 3.94. The summed E-state index contributed by atoms with van der Waals surface area (Å²) < 4.78 is 0. The lowest BCUT2D eigenvalue weighted by molar-refractivity contribution is 0.0988. The second-order valence-corrected chi connectivity index (χ2v) is 7.70. The summed E-state index contributed by atoms with van der Waals surface area (Å²) in [7, 11) is 0. The lowest BCUT2D eigenvalue weighted by Gasteiger charge is -2.43. The third kappa shape index (κ3) is 3.88. The standard InChI is InChI=1S/C20H33N/c1-6-21-19(18-9-7-8-14-20(18,4)5)17-12-10-16(11-13-17)15(2)3/h10-13,15,18-19,21H,6-9,14H2,1-5H3. The van der Waals surface area contributed by atoms with Crippen molar-refractivity contribution in [2.24, 2.45) is 11.3 Å². The maximum atomic E-state index is 3.77. The van der Waals surface area contributed by atoms with E-state index in [2.05, 4.69) is 64.2 Å². The molecule has 2 rings (SSSR count). The van der Waals surface area contributed by atoms with Crippen LogP contribution in [0.2, 0.25) is 0 Å². The van der Waals surface area contributed by atoms with E-state index in [1.807, 2.05) is 0 Å². The molecule has 0 aromatic heterocycles. The van der Waals surface area contributed by atoms with Gasteiger partial charge in [0, 0.05) is 6.04 Å². The Labute approximate surface area is 131 Å². The Hall–Kier alpha value is -0.820. The van der Waals surface area contributed by atoms with E-state index in [4.69, 9.17) is 0 Å². The molecule has 1 saturated carbocycles.